The Hall–Kier alpha value is -6.09. The molecule has 0 aliphatic carbocycles. The molecule has 0 saturated heterocycles. The highest BCUT2D eigenvalue weighted by atomic mass is 32.1. The van der Waals surface area contributed by atoms with Crippen LogP contribution in [0.4, 0.5) is 28.4 Å². The lowest BCUT2D eigenvalue weighted by Gasteiger charge is -2.20. The minimum Gasteiger partial charge on any atom is -0.481 e. The monoisotopic (exact) mass is 1240 g/mol. The van der Waals surface area contributed by atoms with Crippen molar-refractivity contribution in [2.24, 2.45) is 31.7 Å². The SMILES string of the molecule is C.C.CC(=O)C(C)C.CC(=O)O.CC1=Nc2cc3ccsc3cc2C1(C)C.CC1=Nc2cc3ccsc3cc2C1(C)C.CC1=Nc2ccc3sccc3c2C1(C)C.CC1=Nc2ccc3sccc3c2C1(C)C.NNc1ccc2sccc2c1.P. The fourth-order valence-corrected chi connectivity index (χ4v) is 13.8. The van der Waals surface area contributed by atoms with E-state index in [0.29, 0.717) is 0 Å². The number of nitrogens with two attached hydrogens (primary N) is 1. The van der Waals surface area contributed by atoms with Crippen molar-refractivity contribution >= 4 is 180 Å². The molecule has 84 heavy (non-hydrogen) atoms. The summed E-state index contributed by atoms with van der Waals surface area (Å²) < 4.78 is 6.76. The summed E-state index contributed by atoms with van der Waals surface area (Å²) in [4.78, 5) is 37.8. The van der Waals surface area contributed by atoms with Crippen LogP contribution in [-0.2, 0) is 31.2 Å². The molecule has 9 nitrogen and oxygen atoms in total. The van der Waals surface area contributed by atoms with Crippen LogP contribution < -0.4 is 11.3 Å². The predicted octanol–water partition coefficient (Wildman–Crippen LogP) is 22.0. The molecular weight excluding hydrogens is 1150 g/mol. The quantitative estimate of drug-likeness (QED) is 0.0898. The third kappa shape index (κ3) is 14.2. The molecule has 1 atom stereocenters. The second-order valence-corrected chi connectivity index (χ2v) is 27.9. The molecule has 0 radical (unpaired) electrons. The van der Waals surface area contributed by atoms with Crippen molar-refractivity contribution in [3.63, 3.8) is 0 Å². The van der Waals surface area contributed by atoms with Gasteiger partial charge in [-0.2, -0.15) is 9.90 Å². The van der Waals surface area contributed by atoms with Gasteiger partial charge in [0.15, 0.2) is 0 Å². The summed E-state index contributed by atoms with van der Waals surface area (Å²) in [6.07, 6.45) is 0. The Morgan fingerprint density at radius 3 is 1.14 bits per heavy atom. The second-order valence-electron chi connectivity index (χ2n) is 23.1. The average molecular weight is 1240 g/mol. The maximum atomic E-state index is 10.1. The fraction of sp³-hybridized carbons (Fsp3) is 0.333. The van der Waals surface area contributed by atoms with Gasteiger partial charge in [0.05, 0.1) is 22.7 Å². The lowest BCUT2D eigenvalue weighted by atomic mass is 9.81. The number of nitrogen functional groups attached to an aromatic ring is 1. The van der Waals surface area contributed by atoms with Crippen LogP contribution in [0.5, 0.6) is 0 Å². The number of fused-ring (bicyclic) bond motifs is 11. The summed E-state index contributed by atoms with van der Waals surface area (Å²) in [5, 5.41) is 24.7. The number of ketones is 1. The Morgan fingerprint density at radius 2 is 0.774 bits per heavy atom. The molecule has 4 aliphatic rings. The summed E-state index contributed by atoms with van der Waals surface area (Å²) in [6.45, 7) is 33.0. The minimum absolute atomic E-state index is 0. The molecule has 0 fully saturated rings. The van der Waals surface area contributed by atoms with Gasteiger partial charge in [-0.1, -0.05) is 84.1 Å². The molecule has 5 aromatic carbocycles. The summed E-state index contributed by atoms with van der Waals surface area (Å²) in [7, 11) is 0. The van der Waals surface area contributed by atoms with Crippen LogP contribution in [0.15, 0.2) is 144 Å². The third-order valence-electron chi connectivity index (χ3n) is 16.2. The zero-order valence-electron chi connectivity index (χ0n) is 50.1. The van der Waals surface area contributed by atoms with E-state index in [1.807, 2.05) is 26.0 Å². The number of nitrogens with zero attached hydrogens (tertiary/aromatic N) is 4. The van der Waals surface area contributed by atoms with Crippen molar-refractivity contribution < 1.29 is 14.7 Å². The van der Waals surface area contributed by atoms with Gasteiger partial charge in [-0.05, 0) is 208 Å². The molecular formula is C69H85N6O3PS5. The van der Waals surface area contributed by atoms with Crippen molar-refractivity contribution in [2.45, 2.75) is 147 Å². The molecule has 444 valence electrons. The number of carboxylic acid groups (broad SMARTS) is 1. The van der Waals surface area contributed by atoms with E-state index in [1.54, 1.807) is 63.6 Å². The zero-order valence-corrected chi connectivity index (χ0v) is 55.6. The van der Waals surface area contributed by atoms with Gasteiger partial charge in [0.2, 0.25) is 0 Å². The van der Waals surface area contributed by atoms with E-state index >= 15 is 0 Å². The van der Waals surface area contributed by atoms with E-state index < -0.39 is 5.97 Å². The van der Waals surface area contributed by atoms with Crippen molar-refractivity contribution in [2.75, 3.05) is 5.43 Å². The topological polar surface area (TPSA) is 142 Å². The molecule has 4 aliphatic heterocycles. The van der Waals surface area contributed by atoms with Gasteiger partial charge in [0, 0.05) is 86.5 Å². The number of hydrogen-bond acceptors (Lipinski definition) is 13. The fourth-order valence-electron chi connectivity index (χ4n) is 9.84. The van der Waals surface area contributed by atoms with Crippen LogP contribution in [-0.4, -0.2) is 39.7 Å². The normalized spacial score (nSPS) is 15.1. The number of thiophene rings is 5. The molecule has 0 saturated carbocycles. The van der Waals surface area contributed by atoms with E-state index in [0.717, 1.165) is 35.4 Å². The molecule has 9 heterocycles. The molecule has 1 unspecified atom stereocenters. The van der Waals surface area contributed by atoms with Crippen LogP contribution in [0.3, 0.4) is 0 Å². The third-order valence-corrected chi connectivity index (χ3v) is 20.6. The number of carboxylic acids is 1. The van der Waals surface area contributed by atoms with Crippen LogP contribution in [0.1, 0.15) is 148 Å². The van der Waals surface area contributed by atoms with Crippen molar-refractivity contribution in [1.82, 2.24) is 0 Å². The van der Waals surface area contributed by atoms with Gasteiger partial charge in [-0.15, -0.1) is 56.7 Å². The van der Waals surface area contributed by atoms with Gasteiger partial charge in [-0.3, -0.25) is 35.4 Å². The van der Waals surface area contributed by atoms with Gasteiger partial charge in [-0.25, -0.2) is 0 Å². The molecule has 0 spiro atoms. The summed E-state index contributed by atoms with van der Waals surface area (Å²) in [6, 6.07) is 34.6. The van der Waals surface area contributed by atoms with Crippen LogP contribution in [0.25, 0.3) is 50.4 Å². The molecule has 14 rings (SSSR count). The van der Waals surface area contributed by atoms with E-state index in [-0.39, 0.29) is 58.1 Å². The number of Topliss-reactive ketones (excluding diaryl/α,β-unsaturated/α-hetero) is 1. The van der Waals surface area contributed by atoms with Crippen LogP contribution in [0, 0.1) is 5.92 Å². The predicted molar refractivity (Wildman–Crippen MR) is 384 cm³/mol. The highest BCUT2D eigenvalue weighted by Gasteiger charge is 2.36. The number of hydrogen-bond donors (Lipinski definition) is 3. The number of carbonyl (C=O) groups excluding carboxylic acids is 1. The number of nitrogens with one attached hydrogen (secondary N) is 1. The first kappa shape index (κ1) is 68.7. The minimum atomic E-state index is -0.833. The van der Waals surface area contributed by atoms with E-state index in [4.69, 9.17) is 15.7 Å². The highest BCUT2D eigenvalue weighted by molar-refractivity contribution is 7.18. The van der Waals surface area contributed by atoms with E-state index in [1.165, 1.54) is 95.5 Å². The summed E-state index contributed by atoms with van der Waals surface area (Å²) in [5.41, 5.74) is 19.0. The van der Waals surface area contributed by atoms with Crippen molar-refractivity contribution in [3.05, 3.63) is 146 Å². The summed E-state index contributed by atoms with van der Waals surface area (Å²) in [5.74, 6) is 4.90. The molecule has 4 N–H and O–H groups in total. The number of rotatable bonds is 2. The van der Waals surface area contributed by atoms with Gasteiger partial charge < -0.3 is 10.5 Å². The standard InChI is InChI=1S/4C13H13NS.C8H8N2S.C5H10O.C2H4O2.2CH4.H3P/c2*1-8-13(2,3)10-7-12-9(4-5-15-12)6-11(10)14-8;2*1-8-13(2,3)12-9-6-7-15-11(9)5-4-10(12)14-8;9-10-7-1-2-8-6(5-7)3-4-11-8;1-4(2)5(3)6;1-2(3)4;;;/h4*4-7H,1-3H3;1-5,10H,9H2;4H,1-3H3;1H3,(H,3,4);2*1H4;1H3. The lowest BCUT2D eigenvalue weighted by Crippen LogP contribution is -2.22. The first-order valence-corrected chi connectivity index (χ1v) is 31.5. The largest absolute Gasteiger partial charge is 0.481 e. The Labute approximate surface area is 521 Å². The van der Waals surface area contributed by atoms with Crippen molar-refractivity contribution in [1.29, 1.82) is 0 Å². The van der Waals surface area contributed by atoms with E-state index in [2.05, 4.69) is 220 Å². The number of hydrazine groups is 1. The molecule has 0 amide bonds. The number of aliphatic imine (C=N–C) groups is 4. The number of carbonyl (C=O) groups is 2. The van der Waals surface area contributed by atoms with Gasteiger partial charge in [0.1, 0.15) is 5.78 Å². The first-order valence-electron chi connectivity index (χ1n) is 27.1. The Bertz CT molecular complexity index is 3900. The van der Waals surface area contributed by atoms with Gasteiger partial charge >= 0.3 is 0 Å². The Kier molecular flexibility index (Phi) is 22.5. The van der Waals surface area contributed by atoms with E-state index in [9.17, 15) is 4.79 Å². The molecule has 0 bridgehead atoms. The number of benzene rings is 5. The molecule has 10 aromatic rings. The lowest BCUT2D eigenvalue weighted by molar-refractivity contribution is -0.134. The number of aliphatic carboxylic acids is 1. The first-order chi connectivity index (χ1) is 38.2. The van der Waals surface area contributed by atoms with Gasteiger partial charge in [0.25, 0.3) is 5.97 Å². The maximum Gasteiger partial charge on any atom is 0.300 e. The van der Waals surface area contributed by atoms with Crippen LogP contribution >= 0.6 is 66.6 Å². The second kappa shape index (κ2) is 27.5. The zero-order chi connectivity index (χ0) is 58.9. The Morgan fingerprint density at radius 1 is 0.464 bits per heavy atom. The smallest absolute Gasteiger partial charge is 0.300 e. The molecule has 5 aromatic heterocycles. The number of anilines is 1. The average Bonchev–Trinajstić information content (AvgIpc) is 1.92. The summed E-state index contributed by atoms with van der Waals surface area (Å²) >= 11 is 8.96. The van der Waals surface area contributed by atoms with Crippen LogP contribution in [0.2, 0.25) is 0 Å². The maximum absolute atomic E-state index is 10.1. The highest BCUT2D eigenvalue weighted by Crippen LogP contribution is 2.48. The molecule has 15 heteroatoms. The van der Waals surface area contributed by atoms with Crippen molar-refractivity contribution in [3.8, 4) is 0 Å². The Balaban J connectivity index is 0.000000184.